The summed E-state index contributed by atoms with van der Waals surface area (Å²) in [6, 6.07) is 21.9. The lowest BCUT2D eigenvalue weighted by molar-refractivity contribution is -0.125. The molecule has 1 N–H and O–H groups in total. The third-order valence-corrected chi connectivity index (χ3v) is 12.2. The van der Waals surface area contributed by atoms with Crippen molar-refractivity contribution in [2.45, 2.75) is 41.7 Å². The minimum atomic E-state index is -3.61. The molecule has 3 aromatic rings. The summed E-state index contributed by atoms with van der Waals surface area (Å²) >= 11 is 12.7. The SMILES string of the molecule is COc1cccc(N2CNC(=O)C23CCN(CCOC2(c4ccc(Cl)c(Cl)c4)CCN(S(=O)(=O)c4ccccc4)CC2)CC3)c1. The molecule has 0 unspecified atom stereocenters. The van der Waals surface area contributed by atoms with Crippen molar-refractivity contribution in [1.82, 2.24) is 14.5 Å². The van der Waals surface area contributed by atoms with Crippen LogP contribution in [0.2, 0.25) is 10.0 Å². The second kappa shape index (κ2) is 13.1. The van der Waals surface area contributed by atoms with Crippen molar-refractivity contribution < 1.29 is 22.7 Å². The molecule has 45 heavy (non-hydrogen) atoms. The highest BCUT2D eigenvalue weighted by molar-refractivity contribution is 7.89. The predicted molar refractivity (Wildman–Crippen MR) is 175 cm³/mol. The van der Waals surface area contributed by atoms with Crippen LogP contribution < -0.4 is 15.0 Å². The number of ether oxygens (including phenoxy) is 2. The largest absolute Gasteiger partial charge is 0.497 e. The van der Waals surface area contributed by atoms with E-state index in [-0.39, 0.29) is 10.8 Å². The van der Waals surface area contributed by atoms with Crippen LogP contribution in [0.3, 0.4) is 0 Å². The first kappa shape index (κ1) is 32.1. The smallest absolute Gasteiger partial charge is 0.247 e. The van der Waals surface area contributed by atoms with Gasteiger partial charge in [-0.15, -0.1) is 0 Å². The molecule has 3 saturated heterocycles. The predicted octanol–water partition coefficient (Wildman–Crippen LogP) is 5.13. The Kier molecular flexibility index (Phi) is 9.34. The topological polar surface area (TPSA) is 91.4 Å². The van der Waals surface area contributed by atoms with Crippen LogP contribution in [-0.2, 0) is 25.2 Å². The number of nitrogens with zero attached hydrogens (tertiary/aromatic N) is 3. The standard InChI is InChI=1S/C33H38Cl2N4O5S/c1-43-27-7-5-6-26(23-27)39-24-36-31(40)32(39)12-16-37(17-13-32)20-21-44-33(25-10-11-29(34)30(35)22-25)14-18-38(19-15-33)45(41,42)28-8-3-2-4-9-28/h2-11,22-23H,12-21,24H2,1H3,(H,36,40). The molecule has 3 fully saturated rings. The first-order valence-electron chi connectivity index (χ1n) is 15.2. The molecule has 1 amide bonds. The van der Waals surface area contributed by atoms with Crippen molar-refractivity contribution in [2.24, 2.45) is 0 Å². The molecule has 1 spiro atoms. The molecular formula is C33H38Cl2N4O5S. The maximum Gasteiger partial charge on any atom is 0.247 e. The van der Waals surface area contributed by atoms with Gasteiger partial charge in [0.15, 0.2) is 0 Å². The van der Waals surface area contributed by atoms with E-state index in [1.165, 1.54) is 4.31 Å². The molecule has 240 valence electrons. The third-order valence-electron chi connectivity index (χ3n) is 9.53. The van der Waals surface area contributed by atoms with Crippen LogP contribution in [0.1, 0.15) is 31.2 Å². The van der Waals surface area contributed by atoms with E-state index in [0.29, 0.717) is 68.6 Å². The van der Waals surface area contributed by atoms with Gasteiger partial charge in [-0.2, -0.15) is 4.31 Å². The number of sulfonamides is 1. The lowest BCUT2D eigenvalue weighted by Crippen LogP contribution is -2.56. The maximum absolute atomic E-state index is 13.3. The fourth-order valence-corrected chi connectivity index (χ4v) is 8.61. The van der Waals surface area contributed by atoms with Crippen LogP contribution in [0.4, 0.5) is 5.69 Å². The molecular weight excluding hydrogens is 635 g/mol. The van der Waals surface area contributed by atoms with E-state index in [0.717, 1.165) is 30.1 Å². The molecule has 0 radical (unpaired) electrons. The van der Waals surface area contributed by atoms with E-state index >= 15 is 0 Å². The number of nitrogens with one attached hydrogen (secondary N) is 1. The molecule has 3 aliphatic rings. The average molecular weight is 674 g/mol. The van der Waals surface area contributed by atoms with Crippen molar-refractivity contribution in [1.29, 1.82) is 0 Å². The summed E-state index contributed by atoms with van der Waals surface area (Å²) in [5, 5.41) is 3.96. The van der Waals surface area contributed by atoms with Gasteiger partial charge in [0.05, 0.1) is 40.9 Å². The molecule has 0 aromatic heterocycles. The van der Waals surface area contributed by atoms with Gasteiger partial charge in [-0.05, 0) is 67.6 Å². The Morgan fingerprint density at radius 1 is 0.867 bits per heavy atom. The molecule has 12 heteroatoms. The van der Waals surface area contributed by atoms with E-state index in [4.69, 9.17) is 32.7 Å². The summed E-state index contributed by atoms with van der Waals surface area (Å²) < 4.78 is 40.3. The minimum Gasteiger partial charge on any atom is -0.497 e. The summed E-state index contributed by atoms with van der Waals surface area (Å²) in [7, 11) is -1.97. The molecule has 0 aliphatic carbocycles. The first-order valence-corrected chi connectivity index (χ1v) is 17.4. The molecule has 3 aliphatic heterocycles. The Labute approximate surface area is 275 Å². The molecule has 0 atom stereocenters. The number of methoxy groups -OCH3 is 1. The average Bonchev–Trinajstić information content (AvgIpc) is 3.38. The van der Waals surface area contributed by atoms with E-state index in [1.54, 1.807) is 43.5 Å². The van der Waals surface area contributed by atoms with Crippen molar-refractivity contribution in [2.75, 3.05) is 58.0 Å². The number of amides is 1. The van der Waals surface area contributed by atoms with Crippen LogP contribution >= 0.6 is 23.2 Å². The fourth-order valence-electron chi connectivity index (χ4n) is 6.84. The van der Waals surface area contributed by atoms with E-state index in [2.05, 4.69) is 15.1 Å². The van der Waals surface area contributed by atoms with Gasteiger partial charge in [0, 0.05) is 44.5 Å². The van der Waals surface area contributed by atoms with Gasteiger partial charge < -0.3 is 24.6 Å². The summed E-state index contributed by atoms with van der Waals surface area (Å²) in [5.74, 6) is 0.827. The summed E-state index contributed by atoms with van der Waals surface area (Å²) in [5.41, 5.74) is 0.557. The number of halogens is 2. The van der Waals surface area contributed by atoms with Gasteiger partial charge in [-0.25, -0.2) is 8.42 Å². The lowest BCUT2D eigenvalue weighted by Gasteiger charge is -2.44. The van der Waals surface area contributed by atoms with Gasteiger partial charge in [-0.3, -0.25) is 4.79 Å². The van der Waals surface area contributed by atoms with E-state index in [1.807, 2.05) is 36.4 Å². The van der Waals surface area contributed by atoms with Crippen LogP contribution in [0, 0.1) is 0 Å². The zero-order valence-electron chi connectivity index (χ0n) is 25.3. The first-order chi connectivity index (χ1) is 21.7. The van der Waals surface area contributed by atoms with Crippen LogP contribution in [0.15, 0.2) is 77.7 Å². The van der Waals surface area contributed by atoms with Gasteiger partial charge in [0.1, 0.15) is 11.3 Å². The highest BCUT2D eigenvalue weighted by atomic mass is 35.5. The molecule has 0 bridgehead atoms. The van der Waals surface area contributed by atoms with Crippen molar-refractivity contribution in [3.63, 3.8) is 0 Å². The Morgan fingerprint density at radius 2 is 1.60 bits per heavy atom. The monoisotopic (exact) mass is 672 g/mol. The quantitative estimate of drug-likeness (QED) is 0.337. The summed E-state index contributed by atoms with van der Waals surface area (Å²) in [4.78, 5) is 17.9. The molecule has 6 rings (SSSR count). The molecule has 9 nitrogen and oxygen atoms in total. The second-order valence-corrected chi connectivity index (χ2v) is 14.6. The fraction of sp³-hybridized carbons (Fsp3) is 0.424. The molecule has 3 heterocycles. The van der Waals surface area contributed by atoms with Crippen LogP contribution in [-0.4, -0.2) is 82.2 Å². The summed E-state index contributed by atoms with van der Waals surface area (Å²) in [6.45, 7) is 3.74. The van der Waals surface area contributed by atoms with Crippen molar-refractivity contribution in [3.05, 3.63) is 88.4 Å². The Balaban J connectivity index is 1.12. The van der Waals surface area contributed by atoms with Gasteiger partial charge >= 0.3 is 0 Å². The minimum absolute atomic E-state index is 0.0667. The molecule has 0 saturated carbocycles. The number of rotatable bonds is 9. The summed E-state index contributed by atoms with van der Waals surface area (Å²) in [6.07, 6.45) is 2.35. The normalized spacial score (nSPS) is 20.3. The third kappa shape index (κ3) is 6.28. The van der Waals surface area contributed by atoms with Gasteiger partial charge in [0.2, 0.25) is 15.9 Å². The van der Waals surface area contributed by atoms with E-state index < -0.39 is 21.2 Å². The van der Waals surface area contributed by atoms with E-state index in [9.17, 15) is 13.2 Å². The second-order valence-electron chi connectivity index (χ2n) is 11.9. The van der Waals surface area contributed by atoms with Gasteiger partial charge in [-0.1, -0.05) is 53.5 Å². The van der Waals surface area contributed by atoms with Crippen molar-refractivity contribution in [3.8, 4) is 5.75 Å². The highest BCUT2D eigenvalue weighted by Crippen LogP contribution is 2.41. The Bertz CT molecular complexity index is 1620. The number of benzene rings is 3. The number of piperidine rings is 2. The van der Waals surface area contributed by atoms with Crippen LogP contribution in [0.25, 0.3) is 0 Å². The van der Waals surface area contributed by atoms with Crippen LogP contribution in [0.5, 0.6) is 5.75 Å². The number of carbonyl (C=O) groups is 1. The Hall–Kier alpha value is -2.86. The zero-order chi connectivity index (χ0) is 31.7. The number of carbonyl (C=O) groups excluding carboxylic acids is 1. The van der Waals surface area contributed by atoms with Crippen molar-refractivity contribution >= 4 is 44.8 Å². The van der Waals surface area contributed by atoms with Gasteiger partial charge in [0.25, 0.3) is 0 Å². The number of hydrogen-bond donors (Lipinski definition) is 1. The maximum atomic E-state index is 13.3. The number of anilines is 1. The lowest BCUT2D eigenvalue weighted by atomic mass is 9.84. The number of likely N-dealkylation sites (tertiary alicyclic amines) is 1. The zero-order valence-corrected chi connectivity index (χ0v) is 27.6. The number of hydrogen-bond acceptors (Lipinski definition) is 7. The highest BCUT2D eigenvalue weighted by Gasteiger charge is 2.50. The Morgan fingerprint density at radius 3 is 2.29 bits per heavy atom. The molecule has 3 aromatic carbocycles.